The third kappa shape index (κ3) is 3.49. The van der Waals surface area contributed by atoms with Crippen LogP contribution in [0, 0.1) is 0 Å². The summed E-state index contributed by atoms with van der Waals surface area (Å²) in [6.07, 6.45) is 5.14. The van der Waals surface area contributed by atoms with Crippen molar-refractivity contribution in [3.05, 3.63) is 46.0 Å². The van der Waals surface area contributed by atoms with Crippen LogP contribution in [0.4, 0.5) is 0 Å². The minimum atomic E-state index is -3.35. The van der Waals surface area contributed by atoms with Crippen molar-refractivity contribution in [1.29, 1.82) is 0 Å². The van der Waals surface area contributed by atoms with E-state index >= 15 is 0 Å². The van der Waals surface area contributed by atoms with Crippen LogP contribution in [0.2, 0.25) is 10.0 Å². The van der Waals surface area contributed by atoms with Crippen LogP contribution in [0.1, 0.15) is 12.0 Å². The molecule has 120 valence electrons. The molecule has 2 aliphatic heterocycles. The van der Waals surface area contributed by atoms with Gasteiger partial charge in [0, 0.05) is 42.3 Å². The van der Waals surface area contributed by atoms with E-state index in [9.17, 15) is 8.42 Å². The van der Waals surface area contributed by atoms with Crippen LogP contribution in [-0.4, -0.2) is 49.8 Å². The Morgan fingerprint density at radius 1 is 1.18 bits per heavy atom. The highest BCUT2D eigenvalue weighted by molar-refractivity contribution is 7.88. The lowest BCUT2D eigenvalue weighted by Gasteiger charge is -2.23. The van der Waals surface area contributed by atoms with Crippen molar-refractivity contribution in [1.82, 2.24) is 9.21 Å². The lowest BCUT2D eigenvalue weighted by molar-refractivity contribution is 0.261. The first-order chi connectivity index (χ1) is 10.5. The largest absolute Gasteiger partial charge is 0.292 e. The van der Waals surface area contributed by atoms with Crippen LogP contribution in [0.3, 0.4) is 0 Å². The Kier molecular flexibility index (Phi) is 4.80. The molecule has 2 heterocycles. The highest BCUT2D eigenvalue weighted by Gasteiger charge is 2.34. The van der Waals surface area contributed by atoms with E-state index in [-0.39, 0.29) is 5.75 Å². The van der Waals surface area contributed by atoms with E-state index < -0.39 is 10.0 Å². The van der Waals surface area contributed by atoms with Crippen LogP contribution in [0.15, 0.2) is 30.4 Å². The SMILES string of the molecule is O=S(=O)(Cc1ccc(Cl)cc1Cl)N1CCC(N2CC=CC2)C1. The van der Waals surface area contributed by atoms with Crippen molar-refractivity contribution in [3.63, 3.8) is 0 Å². The molecule has 3 rings (SSSR count). The molecule has 0 aliphatic carbocycles. The van der Waals surface area contributed by atoms with Gasteiger partial charge in [0.15, 0.2) is 0 Å². The van der Waals surface area contributed by atoms with Crippen LogP contribution in [0.25, 0.3) is 0 Å². The Hall–Kier alpha value is -0.590. The predicted molar refractivity (Wildman–Crippen MR) is 89.8 cm³/mol. The molecule has 1 atom stereocenters. The molecule has 0 aromatic heterocycles. The Bertz CT molecular complexity index is 683. The summed E-state index contributed by atoms with van der Waals surface area (Å²) in [7, 11) is -3.35. The number of hydrogen-bond donors (Lipinski definition) is 0. The molecule has 7 heteroatoms. The van der Waals surface area contributed by atoms with Crippen molar-refractivity contribution < 1.29 is 8.42 Å². The second kappa shape index (κ2) is 6.49. The third-order valence-electron chi connectivity index (χ3n) is 4.24. The summed E-state index contributed by atoms with van der Waals surface area (Å²) in [6, 6.07) is 5.24. The number of hydrogen-bond acceptors (Lipinski definition) is 3. The lowest BCUT2D eigenvalue weighted by atomic mass is 10.2. The van der Waals surface area contributed by atoms with Crippen molar-refractivity contribution >= 4 is 33.2 Å². The van der Waals surface area contributed by atoms with Crippen molar-refractivity contribution in [2.24, 2.45) is 0 Å². The zero-order chi connectivity index (χ0) is 15.7. The van der Waals surface area contributed by atoms with Crippen molar-refractivity contribution in [3.8, 4) is 0 Å². The van der Waals surface area contributed by atoms with Gasteiger partial charge in [0.2, 0.25) is 10.0 Å². The maximum atomic E-state index is 12.6. The van der Waals surface area contributed by atoms with E-state index in [1.54, 1.807) is 22.5 Å². The molecule has 22 heavy (non-hydrogen) atoms. The van der Waals surface area contributed by atoms with Gasteiger partial charge in [-0.15, -0.1) is 0 Å². The van der Waals surface area contributed by atoms with Gasteiger partial charge in [0.25, 0.3) is 0 Å². The van der Waals surface area contributed by atoms with Gasteiger partial charge in [-0.3, -0.25) is 4.90 Å². The fourth-order valence-corrected chi connectivity index (χ4v) is 5.15. The molecule has 2 aliphatic rings. The number of halogens is 2. The minimum absolute atomic E-state index is 0.0754. The van der Waals surface area contributed by atoms with E-state index in [2.05, 4.69) is 17.1 Å². The zero-order valence-corrected chi connectivity index (χ0v) is 14.4. The maximum Gasteiger partial charge on any atom is 0.218 e. The summed E-state index contributed by atoms with van der Waals surface area (Å²) >= 11 is 11.9. The second-order valence-corrected chi connectivity index (χ2v) is 8.53. The molecule has 1 fully saturated rings. The average molecular weight is 361 g/mol. The van der Waals surface area contributed by atoms with Gasteiger partial charge in [0.1, 0.15) is 0 Å². The van der Waals surface area contributed by atoms with Gasteiger partial charge >= 0.3 is 0 Å². The van der Waals surface area contributed by atoms with Gasteiger partial charge in [-0.05, 0) is 24.1 Å². The summed E-state index contributed by atoms with van der Waals surface area (Å²) in [5, 5.41) is 0.907. The van der Waals surface area contributed by atoms with Gasteiger partial charge in [-0.25, -0.2) is 12.7 Å². The summed E-state index contributed by atoms with van der Waals surface area (Å²) < 4.78 is 26.8. The van der Waals surface area contributed by atoms with Crippen LogP contribution < -0.4 is 0 Å². The van der Waals surface area contributed by atoms with E-state index in [1.165, 1.54) is 0 Å². The summed E-state index contributed by atoms with van der Waals surface area (Å²) in [5.74, 6) is -0.0754. The van der Waals surface area contributed by atoms with E-state index in [0.29, 0.717) is 34.7 Å². The molecule has 0 N–H and O–H groups in total. The van der Waals surface area contributed by atoms with Gasteiger partial charge in [-0.2, -0.15) is 0 Å². The smallest absolute Gasteiger partial charge is 0.218 e. The molecule has 0 saturated carbocycles. The quantitative estimate of drug-likeness (QED) is 0.775. The van der Waals surface area contributed by atoms with E-state index in [1.807, 2.05) is 0 Å². The molecule has 1 aromatic carbocycles. The number of benzene rings is 1. The highest BCUT2D eigenvalue weighted by Crippen LogP contribution is 2.26. The van der Waals surface area contributed by atoms with Gasteiger partial charge in [0.05, 0.1) is 5.75 Å². The van der Waals surface area contributed by atoms with Crippen LogP contribution in [-0.2, 0) is 15.8 Å². The molecule has 0 bridgehead atoms. The van der Waals surface area contributed by atoms with Gasteiger partial charge in [-0.1, -0.05) is 41.4 Å². The Labute approximate surface area is 141 Å². The molecule has 0 spiro atoms. The second-order valence-electron chi connectivity index (χ2n) is 5.72. The van der Waals surface area contributed by atoms with Gasteiger partial charge < -0.3 is 0 Å². The normalized spacial score (nSPS) is 23.5. The number of nitrogens with zero attached hydrogens (tertiary/aromatic N) is 2. The van der Waals surface area contributed by atoms with E-state index in [4.69, 9.17) is 23.2 Å². The number of sulfonamides is 1. The molecule has 1 saturated heterocycles. The Morgan fingerprint density at radius 2 is 1.91 bits per heavy atom. The van der Waals surface area contributed by atoms with Crippen LogP contribution in [0.5, 0.6) is 0 Å². The van der Waals surface area contributed by atoms with Crippen LogP contribution >= 0.6 is 23.2 Å². The topological polar surface area (TPSA) is 40.6 Å². The first kappa shape index (κ1) is 16.3. The monoisotopic (exact) mass is 360 g/mol. The maximum absolute atomic E-state index is 12.6. The summed E-state index contributed by atoms with van der Waals surface area (Å²) in [6.45, 7) is 2.98. The molecule has 4 nitrogen and oxygen atoms in total. The molecule has 0 amide bonds. The first-order valence-electron chi connectivity index (χ1n) is 7.26. The Balaban J connectivity index is 1.68. The molecule has 1 aromatic rings. The third-order valence-corrected chi connectivity index (χ3v) is 6.62. The molecular weight excluding hydrogens is 343 g/mol. The summed E-state index contributed by atoms with van der Waals surface area (Å²) in [4.78, 5) is 2.31. The fraction of sp³-hybridized carbons (Fsp3) is 0.467. The predicted octanol–water partition coefficient (Wildman–Crippen LogP) is 2.77. The fourth-order valence-electron chi connectivity index (χ4n) is 2.98. The zero-order valence-electron chi connectivity index (χ0n) is 12.1. The Morgan fingerprint density at radius 3 is 2.59 bits per heavy atom. The van der Waals surface area contributed by atoms with Crippen molar-refractivity contribution in [2.45, 2.75) is 18.2 Å². The lowest BCUT2D eigenvalue weighted by Crippen LogP contribution is -2.37. The molecule has 1 unspecified atom stereocenters. The standard InChI is InChI=1S/C15H18Cl2N2O2S/c16-13-4-3-12(15(17)9-13)11-22(20,21)19-8-5-14(10-19)18-6-1-2-7-18/h1-4,9,14H,5-8,10-11H2. The summed E-state index contributed by atoms with van der Waals surface area (Å²) in [5.41, 5.74) is 0.595. The van der Waals surface area contributed by atoms with Crippen molar-refractivity contribution in [2.75, 3.05) is 26.2 Å². The first-order valence-corrected chi connectivity index (χ1v) is 9.63. The van der Waals surface area contributed by atoms with E-state index in [0.717, 1.165) is 19.5 Å². The molecule has 0 radical (unpaired) electrons. The average Bonchev–Trinajstić information content (AvgIpc) is 3.11. The molecular formula is C15H18Cl2N2O2S. The minimum Gasteiger partial charge on any atom is -0.292 e. The number of rotatable bonds is 4. The highest BCUT2D eigenvalue weighted by atomic mass is 35.5.